The zero-order valence-corrected chi connectivity index (χ0v) is 23.5. The van der Waals surface area contributed by atoms with Gasteiger partial charge in [0.05, 0.1) is 41.5 Å². The third-order valence-electron chi connectivity index (χ3n) is 8.73. The van der Waals surface area contributed by atoms with Crippen LogP contribution in [0.2, 0.25) is 0 Å². The molecular formula is C28H40ClN7O3. The first-order valence-corrected chi connectivity index (χ1v) is 14.7. The lowest BCUT2D eigenvalue weighted by atomic mass is 9.81. The number of carbonyl (C=O) groups excluding carboxylic acids is 2. The van der Waals surface area contributed by atoms with E-state index in [-0.39, 0.29) is 34.5 Å². The summed E-state index contributed by atoms with van der Waals surface area (Å²) in [6, 6.07) is 1.89. The first-order valence-electron chi connectivity index (χ1n) is 14.3. The Hall–Kier alpha value is -3.01. The van der Waals surface area contributed by atoms with Gasteiger partial charge in [0.15, 0.2) is 5.82 Å². The summed E-state index contributed by atoms with van der Waals surface area (Å²) in [7, 11) is 1.43. The number of pyridine rings is 1. The number of aromatic nitrogens is 3. The maximum atomic E-state index is 13.7. The fourth-order valence-electron chi connectivity index (χ4n) is 6.52. The molecule has 1 atom stereocenters. The van der Waals surface area contributed by atoms with Gasteiger partial charge in [-0.05, 0) is 31.7 Å². The number of alkyl halides is 1. The van der Waals surface area contributed by atoms with Gasteiger partial charge in [0.1, 0.15) is 11.4 Å². The predicted molar refractivity (Wildman–Crippen MR) is 153 cm³/mol. The normalized spacial score (nSPS) is 22.0. The highest BCUT2D eigenvalue weighted by Gasteiger charge is 2.46. The molecule has 212 valence electrons. The van der Waals surface area contributed by atoms with E-state index >= 15 is 0 Å². The Labute approximate surface area is 235 Å². The van der Waals surface area contributed by atoms with Crippen molar-refractivity contribution in [3.05, 3.63) is 24.0 Å². The van der Waals surface area contributed by atoms with Crippen LogP contribution in [0.5, 0.6) is 0 Å². The number of amides is 1. The lowest BCUT2D eigenvalue weighted by Crippen LogP contribution is -2.50. The van der Waals surface area contributed by atoms with E-state index in [1.54, 1.807) is 12.4 Å². The molecule has 10 nitrogen and oxygen atoms in total. The number of nitrogen functional groups attached to an aromatic ring is 1. The van der Waals surface area contributed by atoms with Crippen LogP contribution in [0.3, 0.4) is 0 Å². The van der Waals surface area contributed by atoms with Crippen molar-refractivity contribution < 1.29 is 14.3 Å². The fraction of sp³-hybridized carbons (Fsp3) is 0.643. The molecule has 2 aliphatic heterocycles. The molecule has 4 N–H and O–H groups in total. The molecule has 2 aromatic rings. The second-order valence-electron chi connectivity index (χ2n) is 11.1. The number of fused-ring (bicyclic) bond motifs is 2. The van der Waals surface area contributed by atoms with E-state index < -0.39 is 0 Å². The van der Waals surface area contributed by atoms with Crippen LogP contribution in [0, 0.1) is 5.92 Å². The Morgan fingerprint density at radius 3 is 2.46 bits per heavy atom. The minimum absolute atomic E-state index is 0.101. The molecule has 0 aromatic carbocycles. The minimum atomic E-state index is -0.366. The van der Waals surface area contributed by atoms with Gasteiger partial charge < -0.3 is 26.0 Å². The molecule has 1 amide bonds. The van der Waals surface area contributed by atoms with Crippen molar-refractivity contribution in [3.63, 3.8) is 0 Å². The van der Waals surface area contributed by atoms with Crippen molar-refractivity contribution in [2.45, 2.75) is 81.5 Å². The van der Waals surface area contributed by atoms with Gasteiger partial charge in [-0.2, -0.15) is 5.10 Å². The molecule has 5 rings (SSSR count). The van der Waals surface area contributed by atoms with Crippen LogP contribution >= 0.6 is 11.6 Å². The summed E-state index contributed by atoms with van der Waals surface area (Å²) in [5.74, 6) is 0.239. The van der Waals surface area contributed by atoms with E-state index in [1.165, 1.54) is 39.2 Å². The van der Waals surface area contributed by atoms with Crippen molar-refractivity contribution in [2.75, 3.05) is 48.0 Å². The highest BCUT2D eigenvalue weighted by molar-refractivity contribution is 6.22. The molecule has 3 aliphatic rings. The third kappa shape index (κ3) is 5.53. The van der Waals surface area contributed by atoms with Crippen LogP contribution in [0.25, 0.3) is 0 Å². The molecule has 1 aliphatic carbocycles. The van der Waals surface area contributed by atoms with Gasteiger partial charge in [-0.25, -0.2) is 4.68 Å². The number of nitrogens with zero attached hydrogens (tertiary/aromatic N) is 4. The number of nitrogens with one attached hydrogen (secondary N) is 2. The topological polar surface area (TPSA) is 127 Å². The molecule has 11 heteroatoms. The number of anilines is 4. The summed E-state index contributed by atoms with van der Waals surface area (Å²) in [5, 5.41) is 11.0. The second kappa shape index (κ2) is 12.0. The van der Waals surface area contributed by atoms with Gasteiger partial charge in [-0.15, -0.1) is 11.6 Å². The Bertz CT molecular complexity index is 1170. The SMILES string of the molecule is COC(=O)C1CCN(c2ccncc2NC(=O)c2c(N)nn3c2NCC(Cl)C32CCCCCCCCC2)CC1. The maximum Gasteiger partial charge on any atom is 0.308 e. The summed E-state index contributed by atoms with van der Waals surface area (Å²) >= 11 is 7.01. The van der Waals surface area contributed by atoms with Crippen molar-refractivity contribution >= 4 is 46.5 Å². The number of halogens is 1. The third-order valence-corrected chi connectivity index (χ3v) is 9.29. The first-order chi connectivity index (χ1) is 18.9. The van der Waals surface area contributed by atoms with Crippen molar-refractivity contribution in [1.82, 2.24) is 14.8 Å². The van der Waals surface area contributed by atoms with Crippen LogP contribution < -0.4 is 21.3 Å². The highest BCUT2D eigenvalue weighted by atomic mass is 35.5. The average molecular weight is 558 g/mol. The molecular weight excluding hydrogens is 518 g/mol. The number of piperidine rings is 1. The van der Waals surface area contributed by atoms with Crippen LogP contribution in [-0.2, 0) is 15.1 Å². The number of hydrogen-bond acceptors (Lipinski definition) is 8. The van der Waals surface area contributed by atoms with E-state index in [9.17, 15) is 9.59 Å². The number of hydrogen-bond donors (Lipinski definition) is 3. The Morgan fingerprint density at radius 2 is 1.79 bits per heavy atom. The Morgan fingerprint density at radius 1 is 1.13 bits per heavy atom. The largest absolute Gasteiger partial charge is 0.469 e. The molecule has 1 saturated heterocycles. The Kier molecular flexibility index (Phi) is 8.49. The minimum Gasteiger partial charge on any atom is -0.469 e. The molecule has 1 spiro atoms. The Balaban J connectivity index is 1.39. The van der Waals surface area contributed by atoms with E-state index in [1.807, 2.05) is 10.7 Å². The standard InChI is InChI=1S/C28H40ClN7O3/c1-39-27(38)19-10-15-35(16-11-19)21-9-14-31-17-20(21)33-26(37)23-24(30)34-36-25(23)32-18-22(29)28(36)12-7-5-3-2-4-6-8-13-28/h9,14,17,19,22,32H,2-8,10-13,15-16,18H2,1H3,(H2,30,34)(H,33,37). The van der Waals surface area contributed by atoms with Crippen molar-refractivity contribution in [3.8, 4) is 0 Å². The van der Waals surface area contributed by atoms with Crippen molar-refractivity contribution in [1.29, 1.82) is 0 Å². The molecule has 1 saturated carbocycles. The quantitative estimate of drug-likeness (QED) is 0.363. The molecule has 39 heavy (non-hydrogen) atoms. The number of rotatable bonds is 4. The first kappa shape index (κ1) is 27.6. The van der Waals surface area contributed by atoms with E-state index in [2.05, 4.69) is 20.5 Å². The zero-order chi connectivity index (χ0) is 27.4. The second-order valence-corrected chi connectivity index (χ2v) is 11.6. The van der Waals surface area contributed by atoms with E-state index in [0.717, 1.165) is 31.4 Å². The lowest BCUT2D eigenvalue weighted by Gasteiger charge is -2.43. The fourth-order valence-corrected chi connectivity index (χ4v) is 6.90. The number of carbonyl (C=O) groups is 2. The van der Waals surface area contributed by atoms with Gasteiger partial charge in [-0.3, -0.25) is 14.6 Å². The number of nitrogens with two attached hydrogens (primary N) is 1. The summed E-state index contributed by atoms with van der Waals surface area (Å²) in [4.78, 5) is 32.1. The lowest BCUT2D eigenvalue weighted by molar-refractivity contribution is -0.146. The molecule has 2 fully saturated rings. The molecule has 2 aromatic heterocycles. The number of ether oxygens (including phenoxy) is 1. The summed E-state index contributed by atoms with van der Waals surface area (Å²) < 4.78 is 6.85. The van der Waals surface area contributed by atoms with Gasteiger partial charge in [0.25, 0.3) is 5.91 Å². The maximum absolute atomic E-state index is 13.7. The van der Waals surface area contributed by atoms with Gasteiger partial charge >= 0.3 is 5.97 Å². The van der Waals surface area contributed by atoms with Gasteiger partial charge in [-0.1, -0.05) is 44.9 Å². The summed E-state index contributed by atoms with van der Waals surface area (Å²) in [6.07, 6.45) is 14.9. The zero-order valence-electron chi connectivity index (χ0n) is 22.8. The highest BCUT2D eigenvalue weighted by Crippen LogP contribution is 2.44. The van der Waals surface area contributed by atoms with Crippen molar-refractivity contribution in [2.24, 2.45) is 5.92 Å². The van der Waals surface area contributed by atoms with Crippen LogP contribution in [0.4, 0.5) is 23.0 Å². The van der Waals surface area contributed by atoms with Crippen LogP contribution in [0.1, 0.15) is 81.0 Å². The van der Waals surface area contributed by atoms with Crippen LogP contribution in [-0.4, -0.2) is 58.8 Å². The average Bonchev–Trinajstić information content (AvgIpc) is 3.31. The van der Waals surface area contributed by atoms with E-state index in [0.29, 0.717) is 49.5 Å². The predicted octanol–water partition coefficient (Wildman–Crippen LogP) is 4.75. The monoisotopic (exact) mass is 557 g/mol. The molecule has 4 heterocycles. The summed E-state index contributed by atoms with van der Waals surface area (Å²) in [5.41, 5.74) is 7.86. The molecule has 0 bridgehead atoms. The smallest absolute Gasteiger partial charge is 0.308 e. The number of esters is 1. The van der Waals surface area contributed by atoms with E-state index in [4.69, 9.17) is 27.2 Å². The van der Waals surface area contributed by atoms with Gasteiger partial charge in [0.2, 0.25) is 0 Å². The van der Waals surface area contributed by atoms with Gasteiger partial charge in [0, 0.05) is 25.8 Å². The number of methoxy groups -OCH3 is 1. The van der Waals surface area contributed by atoms with Crippen LogP contribution in [0.15, 0.2) is 18.5 Å². The summed E-state index contributed by atoms with van der Waals surface area (Å²) in [6.45, 7) is 1.92. The molecule has 0 radical (unpaired) electrons. The molecule has 1 unspecified atom stereocenters.